The summed E-state index contributed by atoms with van der Waals surface area (Å²) in [4.78, 5) is 13.9. The topological polar surface area (TPSA) is 84.9 Å². The Morgan fingerprint density at radius 1 is 0.846 bits per heavy atom. The first-order valence-corrected chi connectivity index (χ1v) is 14.0. The van der Waals surface area contributed by atoms with Crippen LogP contribution in [0, 0.1) is 5.82 Å². The Labute approximate surface area is 227 Å². The number of amides is 1. The van der Waals surface area contributed by atoms with Gasteiger partial charge in [-0.2, -0.15) is 0 Å². The number of carbonyl (C=O) groups is 1. The standard InChI is InChI=1S/C30H29FN2O5S/c1-37-27-18-24(30(34)32-29(21-12-6-4-7-13-21)22-14-8-5-9-15-22)26(19-28(27)38-2)33(39(3,35)36)20-23-16-10-11-17-25(23)31/h4-19,29H,20H2,1-3H3,(H,32,34). The molecule has 0 saturated carbocycles. The van der Waals surface area contributed by atoms with Crippen LogP contribution in [0.4, 0.5) is 10.1 Å². The lowest BCUT2D eigenvalue weighted by atomic mass is 9.98. The molecule has 202 valence electrons. The molecule has 1 N–H and O–H groups in total. The van der Waals surface area contributed by atoms with Crippen molar-refractivity contribution in [3.05, 3.63) is 125 Å². The van der Waals surface area contributed by atoms with Crippen molar-refractivity contribution in [2.45, 2.75) is 12.6 Å². The third kappa shape index (κ3) is 6.38. The van der Waals surface area contributed by atoms with Crippen molar-refractivity contribution in [1.82, 2.24) is 5.32 Å². The van der Waals surface area contributed by atoms with E-state index in [0.717, 1.165) is 21.7 Å². The number of ether oxygens (including phenoxy) is 2. The van der Waals surface area contributed by atoms with Gasteiger partial charge in [0.25, 0.3) is 5.91 Å². The molecule has 0 heterocycles. The molecule has 0 fully saturated rings. The molecule has 4 aromatic rings. The number of hydrogen-bond donors (Lipinski definition) is 1. The molecule has 1 amide bonds. The molecule has 4 rings (SSSR count). The first-order chi connectivity index (χ1) is 18.7. The zero-order valence-corrected chi connectivity index (χ0v) is 22.6. The number of nitrogens with one attached hydrogen (secondary N) is 1. The minimum atomic E-state index is -3.98. The van der Waals surface area contributed by atoms with Crippen LogP contribution in [0.5, 0.6) is 11.5 Å². The summed E-state index contributed by atoms with van der Waals surface area (Å²) >= 11 is 0. The molecule has 0 atom stereocenters. The fourth-order valence-electron chi connectivity index (χ4n) is 4.28. The number of hydrogen-bond acceptors (Lipinski definition) is 5. The van der Waals surface area contributed by atoms with Crippen molar-refractivity contribution in [2.24, 2.45) is 0 Å². The van der Waals surface area contributed by atoms with Gasteiger partial charge < -0.3 is 14.8 Å². The Hall–Kier alpha value is -4.37. The van der Waals surface area contributed by atoms with Crippen molar-refractivity contribution in [3.63, 3.8) is 0 Å². The van der Waals surface area contributed by atoms with Gasteiger partial charge in [0, 0.05) is 11.6 Å². The molecule has 0 aliphatic heterocycles. The van der Waals surface area contributed by atoms with E-state index < -0.39 is 27.8 Å². The highest BCUT2D eigenvalue weighted by Gasteiger charge is 2.28. The number of sulfonamides is 1. The number of rotatable bonds is 10. The van der Waals surface area contributed by atoms with E-state index in [-0.39, 0.29) is 34.9 Å². The molecule has 0 bridgehead atoms. The number of carbonyl (C=O) groups excluding carboxylic acids is 1. The van der Waals surface area contributed by atoms with Crippen LogP contribution < -0.4 is 19.1 Å². The molecule has 39 heavy (non-hydrogen) atoms. The van der Waals surface area contributed by atoms with Crippen LogP contribution in [-0.2, 0) is 16.6 Å². The minimum absolute atomic E-state index is 0.0197. The van der Waals surface area contributed by atoms with Crippen LogP contribution in [0.3, 0.4) is 0 Å². The van der Waals surface area contributed by atoms with Crippen molar-refractivity contribution in [2.75, 3.05) is 24.8 Å². The molecule has 0 aliphatic carbocycles. The summed E-state index contributed by atoms with van der Waals surface area (Å²) in [5.74, 6) is -0.660. The van der Waals surface area contributed by atoms with Crippen molar-refractivity contribution >= 4 is 21.6 Å². The second kappa shape index (κ2) is 12.0. The number of anilines is 1. The Bertz CT molecular complexity index is 1510. The molecular formula is C30H29FN2O5S. The summed E-state index contributed by atoms with van der Waals surface area (Å²) in [5, 5.41) is 3.05. The predicted molar refractivity (Wildman–Crippen MR) is 149 cm³/mol. The first-order valence-electron chi connectivity index (χ1n) is 12.1. The number of halogens is 1. The highest BCUT2D eigenvalue weighted by molar-refractivity contribution is 7.92. The number of nitrogens with zero attached hydrogens (tertiary/aromatic N) is 1. The highest BCUT2D eigenvalue weighted by atomic mass is 32.2. The first kappa shape index (κ1) is 27.7. The van der Waals surface area contributed by atoms with Crippen LogP contribution in [0.25, 0.3) is 0 Å². The van der Waals surface area contributed by atoms with Crippen molar-refractivity contribution in [3.8, 4) is 11.5 Å². The van der Waals surface area contributed by atoms with Gasteiger partial charge >= 0.3 is 0 Å². The lowest BCUT2D eigenvalue weighted by Crippen LogP contribution is -2.34. The molecule has 9 heteroatoms. The fraction of sp³-hybridized carbons (Fsp3) is 0.167. The Morgan fingerprint density at radius 2 is 1.36 bits per heavy atom. The molecule has 0 radical (unpaired) electrons. The van der Waals surface area contributed by atoms with E-state index in [0.29, 0.717) is 0 Å². The third-order valence-corrected chi connectivity index (χ3v) is 7.36. The van der Waals surface area contributed by atoms with Gasteiger partial charge in [-0.05, 0) is 23.3 Å². The van der Waals surface area contributed by atoms with Crippen LogP contribution in [0.1, 0.15) is 33.1 Å². The molecule has 4 aromatic carbocycles. The van der Waals surface area contributed by atoms with Crippen LogP contribution in [0.15, 0.2) is 97.1 Å². The van der Waals surface area contributed by atoms with E-state index in [9.17, 15) is 17.6 Å². The fourth-order valence-corrected chi connectivity index (χ4v) is 5.16. The van der Waals surface area contributed by atoms with Gasteiger partial charge in [0.05, 0.1) is 44.3 Å². The monoisotopic (exact) mass is 548 g/mol. The maximum absolute atomic E-state index is 14.6. The summed E-state index contributed by atoms with van der Waals surface area (Å²) in [7, 11) is -1.15. The molecule has 0 aliphatic rings. The predicted octanol–water partition coefficient (Wildman–Crippen LogP) is 5.33. The van der Waals surface area contributed by atoms with E-state index in [2.05, 4.69) is 5.32 Å². The molecule has 0 saturated heterocycles. The summed E-state index contributed by atoms with van der Waals surface area (Å²) < 4.78 is 52.5. The summed E-state index contributed by atoms with van der Waals surface area (Å²) in [6, 6.07) is 27.0. The summed E-state index contributed by atoms with van der Waals surface area (Å²) in [6.45, 7) is -0.331. The zero-order valence-electron chi connectivity index (χ0n) is 21.8. The van der Waals surface area contributed by atoms with Gasteiger partial charge in [0.15, 0.2) is 11.5 Å². The Kier molecular flexibility index (Phi) is 8.51. The van der Waals surface area contributed by atoms with E-state index in [1.165, 1.54) is 44.6 Å². The number of methoxy groups -OCH3 is 2. The Balaban J connectivity index is 1.85. The number of benzene rings is 4. The van der Waals surface area contributed by atoms with E-state index in [1.54, 1.807) is 6.07 Å². The summed E-state index contributed by atoms with van der Waals surface area (Å²) in [5.41, 5.74) is 1.87. The van der Waals surface area contributed by atoms with E-state index in [4.69, 9.17) is 9.47 Å². The maximum atomic E-state index is 14.6. The second-order valence-electron chi connectivity index (χ2n) is 8.81. The SMILES string of the molecule is COc1cc(C(=O)NC(c2ccccc2)c2ccccc2)c(N(Cc2ccccc2F)S(C)(=O)=O)cc1OC. The van der Waals surface area contributed by atoms with Crippen molar-refractivity contribution in [1.29, 1.82) is 0 Å². The molecule has 0 aromatic heterocycles. The average Bonchev–Trinajstić information content (AvgIpc) is 2.95. The third-order valence-electron chi connectivity index (χ3n) is 6.23. The van der Waals surface area contributed by atoms with Crippen LogP contribution in [-0.4, -0.2) is 34.8 Å². The highest BCUT2D eigenvalue weighted by Crippen LogP contribution is 2.37. The van der Waals surface area contributed by atoms with E-state index in [1.807, 2.05) is 60.7 Å². The average molecular weight is 549 g/mol. The minimum Gasteiger partial charge on any atom is -0.493 e. The molecule has 0 unspecified atom stereocenters. The molecular weight excluding hydrogens is 519 g/mol. The van der Waals surface area contributed by atoms with Crippen molar-refractivity contribution < 1.29 is 27.1 Å². The second-order valence-corrected chi connectivity index (χ2v) is 10.7. The lowest BCUT2D eigenvalue weighted by Gasteiger charge is -2.27. The smallest absolute Gasteiger partial charge is 0.254 e. The molecule has 7 nitrogen and oxygen atoms in total. The normalized spacial score (nSPS) is 11.2. The quantitative estimate of drug-likeness (QED) is 0.290. The Morgan fingerprint density at radius 3 is 1.87 bits per heavy atom. The van der Waals surface area contributed by atoms with Gasteiger partial charge in [-0.3, -0.25) is 9.10 Å². The van der Waals surface area contributed by atoms with Crippen LogP contribution in [0.2, 0.25) is 0 Å². The van der Waals surface area contributed by atoms with Gasteiger partial charge in [-0.15, -0.1) is 0 Å². The largest absolute Gasteiger partial charge is 0.493 e. The van der Waals surface area contributed by atoms with Gasteiger partial charge in [-0.25, -0.2) is 12.8 Å². The lowest BCUT2D eigenvalue weighted by molar-refractivity contribution is 0.0943. The van der Waals surface area contributed by atoms with Gasteiger partial charge in [0.1, 0.15) is 5.82 Å². The zero-order chi connectivity index (χ0) is 28.0. The van der Waals surface area contributed by atoms with E-state index >= 15 is 0 Å². The maximum Gasteiger partial charge on any atom is 0.254 e. The summed E-state index contributed by atoms with van der Waals surface area (Å²) in [6.07, 6.45) is 1.00. The van der Waals surface area contributed by atoms with Gasteiger partial charge in [0.2, 0.25) is 10.0 Å². The van der Waals surface area contributed by atoms with Crippen LogP contribution >= 0.6 is 0 Å². The molecule has 0 spiro atoms. The van der Waals surface area contributed by atoms with Gasteiger partial charge in [-0.1, -0.05) is 78.9 Å².